The van der Waals surface area contributed by atoms with Gasteiger partial charge in [0.2, 0.25) is 5.91 Å². The van der Waals surface area contributed by atoms with Crippen molar-refractivity contribution < 1.29 is 4.79 Å². The zero-order valence-corrected chi connectivity index (χ0v) is 9.62. The average Bonchev–Trinajstić information content (AvgIpc) is 2.43. The Morgan fingerprint density at radius 3 is 2.64 bits per heavy atom. The first-order valence-corrected chi connectivity index (χ1v) is 6.98. The summed E-state index contributed by atoms with van der Waals surface area (Å²) < 4.78 is 0. The molecule has 0 radical (unpaired) electrons. The Morgan fingerprint density at radius 2 is 2.07 bits per heavy atom. The predicted molar refractivity (Wildman–Crippen MR) is 63.2 cm³/mol. The van der Waals surface area contributed by atoms with E-state index in [4.69, 9.17) is 6.42 Å². The lowest BCUT2D eigenvalue weighted by atomic mass is 10.4. The molecule has 1 saturated heterocycles. The second-order valence-corrected chi connectivity index (χ2v) is 5.60. The second-order valence-electron chi connectivity index (χ2n) is 2.90. The summed E-state index contributed by atoms with van der Waals surface area (Å²) in [6, 6.07) is 0. The molecule has 1 aliphatic heterocycles. The lowest BCUT2D eigenvalue weighted by Crippen LogP contribution is -2.38. The van der Waals surface area contributed by atoms with Gasteiger partial charge in [-0.15, -0.1) is 6.42 Å². The summed E-state index contributed by atoms with van der Waals surface area (Å²) in [7, 11) is 3.75. The number of amides is 1. The number of carbonyl (C=O) groups is 1. The van der Waals surface area contributed by atoms with E-state index in [0.29, 0.717) is 13.1 Å². The second kappa shape index (κ2) is 7.04. The molecule has 0 unspecified atom stereocenters. The van der Waals surface area contributed by atoms with Gasteiger partial charge in [0.15, 0.2) is 0 Å². The van der Waals surface area contributed by atoms with Gasteiger partial charge in [-0.25, -0.2) is 0 Å². The van der Waals surface area contributed by atoms with Crippen molar-refractivity contribution in [3.63, 3.8) is 0 Å². The van der Waals surface area contributed by atoms with Gasteiger partial charge in [-0.3, -0.25) is 9.69 Å². The van der Waals surface area contributed by atoms with Gasteiger partial charge in [0, 0.05) is 24.6 Å². The highest BCUT2D eigenvalue weighted by molar-refractivity contribution is 8.76. The molecule has 0 aromatic heterocycles. The van der Waals surface area contributed by atoms with E-state index in [1.54, 1.807) is 0 Å². The van der Waals surface area contributed by atoms with E-state index in [9.17, 15) is 4.79 Å². The molecule has 1 rings (SSSR count). The molecule has 1 heterocycles. The Balaban J connectivity index is 2.21. The molecule has 14 heavy (non-hydrogen) atoms. The molecular formula is C9H14N2OS2. The van der Waals surface area contributed by atoms with E-state index >= 15 is 0 Å². The molecule has 0 bridgehead atoms. The van der Waals surface area contributed by atoms with Crippen LogP contribution in [0.1, 0.15) is 0 Å². The van der Waals surface area contributed by atoms with Gasteiger partial charge in [-0.2, -0.15) is 0 Å². The molecule has 0 aliphatic carbocycles. The molecule has 0 atom stereocenters. The van der Waals surface area contributed by atoms with Crippen molar-refractivity contribution in [2.24, 2.45) is 0 Å². The third kappa shape index (κ3) is 4.80. The van der Waals surface area contributed by atoms with Crippen LogP contribution in [0.25, 0.3) is 0 Å². The monoisotopic (exact) mass is 230 g/mol. The van der Waals surface area contributed by atoms with Gasteiger partial charge in [-0.1, -0.05) is 27.5 Å². The molecule has 78 valence electrons. The van der Waals surface area contributed by atoms with Crippen LogP contribution in [0.15, 0.2) is 0 Å². The van der Waals surface area contributed by atoms with Crippen LogP contribution in [-0.4, -0.2) is 48.5 Å². The van der Waals surface area contributed by atoms with Crippen molar-refractivity contribution in [2.75, 3.05) is 37.7 Å². The van der Waals surface area contributed by atoms with Crippen LogP contribution in [0, 0.1) is 12.3 Å². The molecule has 0 saturated carbocycles. The van der Waals surface area contributed by atoms with Crippen LogP contribution in [0.3, 0.4) is 0 Å². The summed E-state index contributed by atoms with van der Waals surface area (Å²) in [5, 5.41) is 2.67. The number of nitrogens with one attached hydrogen (secondary N) is 1. The fraction of sp³-hybridized carbons (Fsp3) is 0.667. The molecule has 0 aromatic rings. The van der Waals surface area contributed by atoms with Crippen molar-refractivity contribution in [1.82, 2.24) is 10.2 Å². The number of nitrogens with zero attached hydrogens (tertiary/aromatic N) is 1. The first kappa shape index (κ1) is 11.8. The van der Waals surface area contributed by atoms with Crippen LogP contribution in [0.4, 0.5) is 0 Å². The molecular weight excluding hydrogens is 216 g/mol. The molecule has 1 fully saturated rings. The summed E-state index contributed by atoms with van der Waals surface area (Å²) in [6.07, 6.45) is 5.05. The minimum atomic E-state index is 0.0276. The van der Waals surface area contributed by atoms with Crippen LogP contribution in [0.2, 0.25) is 0 Å². The van der Waals surface area contributed by atoms with Crippen LogP contribution < -0.4 is 5.32 Å². The standard InChI is InChI=1S/C9H14N2OS2/c1-2-3-10-9(12)8-11-4-6-13-14-7-5-11/h1H,3-8H2,(H,10,12). The first-order chi connectivity index (χ1) is 6.83. The van der Waals surface area contributed by atoms with Gasteiger partial charge in [0.25, 0.3) is 0 Å². The van der Waals surface area contributed by atoms with E-state index in [2.05, 4.69) is 16.1 Å². The topological polar surface area (TPSA) is 32.3 Å². The zero-order chi connectivity index (χ0) is 10.2. The maximum absolute atomic E-state index is 11.3. The van der Waals surface area contributed by atoms with Gasteiger partial charge >= 0.3 is 0 Å². The van der Waals surface area contributed by atoms with E-state index in [1.165, 1.54) is 0 Å². The van der Waals surface area contributed by atoms with Crippen molar-refractivity contribution in [2.45, 2.75) is 0 Å². The van der Waals surface area contributed by atoms with Crippen LogP contribution in [0.5, 0.6) is 0 Å². The van der Waals surface area contributed by atoms with E-state index in [1.807, 2.05) is 21.6 Å². The Labute approximate surface area is 92.8 Å². The first-order valence-electron chi connectivity index (χ1n) is 4.50. The predicted octanol–water partition coefficient (Wildman–Crippen LogP) is 0.433. The maximum Gasteiger partial charge on any atom is 0.234 e. The van der Waals surface area contributed by atoms with Gasteiger partial charge < -0.3 is 5.32 Å². The zero-order valence-electron chi connectivity index (χ0n) is 7.99. The highest BCUT2D eigenvalue weighted by Gasteiger charge is 2.12. The summed E-state index contributed by atoms with van der Waals surface area (Å²) in [5.41, 5.74) is 0. The van der Waals surface area contributed by atoms with Crippen LogP contribution in [-0.2, 0) is 4.79 Å². The molecule has 1 N–H and O–H groups in total. The average molecular weight is 230 g/mol. The molecule has 0 aromatic carbocycles. The quantitative estimate of drug-likeness (QED) is 0.563. The number of hydrogen-bond donors (Lipinski definition) is 1. The Hall–Kier alpha value is -0.310. The highest BCUT2D eigenvalue weighted by atomic mass is 33.1. The Kier molecular flexibility index (Phi) is 5.92. The molecule has 5 heteroatoms. The fourth-order valence-corrected chi connectivity index (χ4v) is 3.18. The fourth-order valence-electron chi connectivity index (χ4n) is 1.13. The number of carbonyl (C=O) groups excluding carboxylic acids is 1. The summed E-state index contributed by atoms with van der Waals surface area (Å²) >= 11 is 0. The minimum Gasteiger partial charge on any atom is -0.344 e. The van der Waals surface area contributed by atoms with Gasteiger partial charge in [0.05, 0.1) is 13.1 Å². The maximum atomic E-state index is 11.3. The van der Waals surface area contributed by atoms with Crippen molar-refractivity contribution in [3.8, 4) is 12.3 Å². The summed E-state index contributed by atoms with van der Waals surface area (Å²) in [6.45, 7) is 2.78. The minimum absolute atomic E-state index is 0.0276. The summed E-state index contributed by atoms with van der Waals surface area (Å²) in [4.78, 5) is 13.5. The lowest BCUT2D eigenvalue weighted by Gasteiger charge is -2.17. The lowest BCUT2D eigenvalue weighted by molar-refractivity contribution is -0.121. The molecule has 1 amide bonds. The molecule has 0 spiro atoms. The number of hydrogen-bond acceptors (Lipinski definition) is 4. The largest absolute Gasteiger partial charge is 0.344 e. The summed E-state index contributed by atoms with van der Waals surface area (Å²) in [5.74, 6) is 4.60. The third-order valence-corrected chi connectivity index (χ3v) is 4.19. The van der Waals surface area contributed by atoms with Crippen molar-refractivity contribution >= 4 is 27.5 Å². The van der Waals surface area contributed by atoms with E-state index < -0.39 is 0 Å². The molecule has 1 aliphatic rings. The van der Waals surface area contributed by atoms with E-state index in [-0.39, 0.29) is 5.91 Å². The van der Waals surface area contributed by atoms with Gasteiger partial charge in [0.1, 0.15) is 0 Å². The highest BCUT2D eigenvalue weighted by Crippen LogP contribution is 2.23. The smallest absolute Gasteiger partial charge is 0.234 e. The SMILES string of the molecule is C#CCNC(=O)CN1CCSSCC1. The van der Waals surface area contributed by atoms with Gasteiger partial charge in [-0.05, 0) is 0 Å². The number of terminal acetylenes is 1. The van der Waals surface area contributed by atoms with E-state index in [0.717, 1.165) is 24.6 Å². The number of rotatable bonds is 3. The Morgan fingerprint density at radius 1 is 1.43 bits per heavy atom. The van der Waals surface area contributed by atoms with Crippen molar-refractivity contribution in [3.05, 3.63) is 0 Å². The normalized spacial score (nSPS) is 18.2. The molecule has 3 nitrogen and oxygen atoms in total. The third-order valence-electron chi connectivity index (χ3n) is 1.82. The van der Waals surface area contributed by atoms with Crippen LogP contribution >= 0.6 is 21.6 Å². The Bertz CT molecular complexity index is 219. The van der Waals surface area contributed by atoms with Crippen molar-refractivity contribution in [1.29, 1.82) is 0 Å².